The van der Waals surface area contributed by atoms with Gasteiger partial charge < -0.3 is 9.84 Å². The lowest BCUT2D eigenvalue weighted by molar-refractivity contribution is -0.121. The van der Waals surface area contributed by atoms with E-state index in [1.54, 1.807) is 12.4 Å². The van der Waals surface area contributed by atoms with Crippen molar-refractivity contribution in [3.63, 3.8) is 0 Å². The molecular formula is C24H22N4O2. The molecule has 30 heavy (non-hydrogen) atoms. The third-order valence-corrected chi connectivity index (χ3v) is 4.79. The largest absolute Gasteiger partial charge is 0.349 e. The SMILES string of the molecule is O=C(CCc1nc(-c2ccncc2)no1)NC(Cc1ccccc1)c1ccccc1. The zero-order chi connectivity index (χ0) is 20.6. The van der Waals surface area contributed by atoms with E-state index in [0.717, 1.165) is 17.5 Å². The summed E-state index contributed by atoms with van der Waals surface area (Å²) in [5, 5.41) is 7.14. The Labute approximate surface area is 175 Å². The van der Waals surface area contributed by atoms with Crippen molar-refractivity contribution in [3.05, 3.63) is 102 Å². The normalized spacial score (nSPS) is 11.7. The molecule has 0 aliphatic heterocycles. The molecule has 0 saturated heterocycles. The van der Waals surface area contributed by atoms with Crippen LogP contribution in [0.1, 0.15) is 29.5 Å². The molecular weight excluding hydrogens is 376 g/mol. The standard InChI is InChI=1S/C24H22N4O2/c29-22(11-12-23-27-24(28-30-23)20-13-15-25-16-14-20)26-21(19-9-5-2-6-10-19)17-18-7-3-1-4-8-18/h1-10,13-16,21H,11-12,17H2,(H,26,29). The van der Waals surface area contributed by atoms with Gasteiger partial charge in [-0.3, -0.25) is 9.78 Å². The Hall–Kier alpha value is -3.80. The highest BCUT2D eigenvalue weighted by atomic mass is 16.5. The Morgan fingerprint density at radius 2 is 1.63 bits per heavy atom. The van der Waals surface area contributed by atoms with E-state index in [0.29, 0.717) is 18.1 Å². The van der Waals surface area contributed by atoms with Crippen LogP contribution in [0.25, 0.3) is 11.4 Å². The van der Waals surface area contributed by atoms with Gasteiger partial charge in [0, 0.05) is 30.8 Å². The Kier molecular flexibility index (Phi) is 6.25. The summed E-state index contributed by atoms with van der Waals surface area (Å²) >= 11 is 0. The molecule has 1 unspecified atom stereocenters. The van der Waals surface area contributed by atoms with Gasteiger partial charge in [0.25, 0.3) is 0 Å². The summed E-state index contributed by atoms with van der Waals surface area (Å²) in [7, 11) is 0. The molecule has 150 valence electrons. The van der Waals surface area contributed by atoms with Crippen molar-refractivity contribution in [3.8, 4) is 11.4 Å². The van der Waals surface area contributed by atoms with Crippen LogP contribution in [0.5, 0.6) is 0 Å². The van der Waals surface area contributed by atoms with Crippen LogP contribution in [-0.4, -0.2) is 21.0 Å². The topological polar surface area (TPSA) is 80.9 Å². The maximum absolute atomic E-state index is 12.7. The Morgan fingerprint density at radius 1 is 0.933 bits per heavy atom. The second kappa shape index (κ2) is 9.60. The number of carbonyl (C=O) groups is 1. The van der Waals surface area contributed by atoms with Gasteiger partial charge in [0.15, 0.2) is 0 Å². The number of aromatic nitrogens is 3. The highest BCUT2D eigenvalue weighted by Gasteiger charge is 2.16. The summed E-state index contributed by atoms with van der Waals surface area (Å²) in [6.45, 7) is 0. The monoisotopic (exact) mass is 398 g/mol. The maximum Gasteiger partial charge on any atom is 0.227 e. The van der Waals surface area contributed by atoms with Crippen molar-refractivity contribution in [2.45, 2.75) is 25.3 Å². The number of nitrogens with one attached hydrogen (secondary N) is 1. The summed E-state index contributed by atoms with van der Waals surface area (Å²) in [4.78, 5) is 21.0. The minimum Gasteiger partial charge on any atom is -0.349 e. The minimum atomic E-state index is -0.101. The summed E-state index contributed by atoms with van der Waals surface area (Å²) < 4.78 is 5.29. The van der Waals surface area contributed by atoms with Crippen molar-refractivity contribution in [1.82, 2.24) is 20.4 Å². The molecule has 0 bridgehead atoms. The zero-order valence-corrected chi connectivity index (χ0v) is 16.4. The fourth-order valence-corrected chi connectivity index (χ4v) is 3.25. The molecule has 0 aliphatic rings. The van der Waals surface area contributed by atoms with Crippen LogP contribution in [-0.2, 0) is 17.6 Å². The number of carbonyl (C=O) groups excluding carboxylic acids is 1. The average molecular weight is 398 g/mol. The van der Waals surface area contributed by atoms with Gasteiger partial charge in [0.2, 0.25) is 17.6 Å². The fraction of sp³-hybridized carbons (Fsp3) is 0.167. The molecule has 0 aliphatic carbocycles. The van der Waals surface area contributed by atoms with E-state index in [4.69, 9.17) is 4.52 Å². The van der Waals surface area contributed by atoms with Crippen LogP contribution in [0.3, 0.4) is 0 Å². The molecule has 6 heteroatoms. The number of benzene rings is 2. The predicted molar refractivity (Wildman–Crippen MR) is 113 cm³/mol. The first kappa shape index (κ1) is 19.5. The highest BCUT2D eigenvalue weighted by molar-refractivity contribution is 5.76. The Balaban J connectivity index is 1.39. The van der Waals surface area contributed by atoms with E-state index in [-0.39, 0.29) is 18.4 Å². The van der Waals surface area contributed by atoms with Gasteiger partial charge in [-0.1, -0.05) is 65.8 Å². The summed E-state index contributed by atoms with van der Waals surface area (Å²) in [6, 6.07) is 23.7. The lowest BCUT2D eigenvalue weighted by Crippen LogP contribution is -2.30. The van der Waals surface area contributed by atoms with E-state index in [1.807, 2.05) is 60.7 Å². The van der Waals surface area contributed by atoms with Crippen LogP contribution < -0.4 is 5.32 Å². The first-order valence-electron chi connectivity index (χ1n) is 9.89. The zero-order valence-electron chi connectivity index (χ0n) is 16.4. The number of hydrogen-bond acceptors (Lipinski definition) is 5. The molecule has 1 N–H and O–H groups in total. The minimum absolute atomic E-state index is 0.0524. The molecule has 0 saturated carbocycles. The number of hydrogen-bond donors (Lipinski definition) is 1. The van der Waals surface area contributed by atoms with Gasteiger partial charge in [0.05, 0.1) is 6.04 Å². The maximum atomic E-state index is 12.7. The van der Waals surface area contributed by atoms with Crippen LogP contribution >= 0.6 is 0 Å². The van der Waals surface area contributed by atoms with Gasteiger partial charge in [0.1, 0.15) is 0 Å². The van der Waals surface area contributed by atoms with E-state index in [2.05, 4.69) is 32.6 Å². The number of nitrogens with zero attached hydrogens (tertiary/aromatic N) is 3. The van der Waals surface area contributed by atoms with Gasteiger partial charge in [-0.05, 0) is 29.7 Å². The van der Waals surface area contributed by atoms with Gasteiger partial charge in [-0.2, -0.15) is 4.98 Å². The van der Waals surface area contributed by atoms with Crippen molar-refractivity contribution < 1.29 is 9.32 Å². The predicted octanol–water partition coefficient (Wildman–Crippen LogP) is 4.16. The average Bonchev–Trinajstić information content (AvgIpc) is 3.28. The number of rotatable bonds is 8. The van der Waals surface area contributed by atoms with Crippen molar-refractivity contribution >= 4 is 5.91 Å². The van der Waals surface area contributed by atoms with Crippen LogP contribution in [0.15, 0.2) is 89.7 Å². The summed E-state index contributed by atoms with van der Waals surface area (Å²) in [5.74, 6) is 0.888. The second-order valence-electron chi connectivity index (χ2n) is 6.97. The quantitative estimate of drug-likeness (QED) is 0.482. The highest BCUT2D eigenvalue weighted by Crippen LogP contribution is 2.19. The third kappa shape index (κ3) is 5.17. The van der Waals surface area contributed by atoms with Gasteiger partial charge in [-0.15, -0.1) is 0 Å². The summed E-state index contributed by atoms with van der Waals surface area (Å²) in [6.07, 6.45) is 4.74. The molecule has 4 aromatic rings. The first-order valence-corrected chi connectivity index (χ1v) is 9.89. The molecule has 1 amide bonds. The van der Waals surface area contributed by atoms with Gasteiger partial charge >= 0.3 is 0 Å². The van der Waals surface area contributed by atoms with E-state index in [1.165, 1.54) is 5.56 Å². The lowest BCUT2D eigenvalue weighted by atomic mass is 9.98. The number of amides is 1. The fourth-order valence-electron chi connectivity index (χ4n) is 3.25. The van der Waals surface area contributed by atoms with E-state index >= 15 is 0 Å². The van der Waals surface area contributed by atoms with Crippen LogP contribution in [0.4, 0.5) is 0 Å². The van der Waals surface area contributed by atoms with E-state index in [9.17, 15) is 4.79 Å². The van der Waals surface area contributed by atoms with Gasteiger partial charge in [-0.25, -0.2) is 0 Å². The number of aryl methyl sites for hydroxylation is 1. The molecule has 4 rings (SSSR count). The molecule has 2 heterocycles. The summed E-state index contributed by atoms with van der Waals surface area (Å²) in [5.41, 5.74) is 3.08. The molecule has 6 nitrogen and oxygen atoms in total. The number of pyridine rings is 1. The van der Waals surface area contributed by atoms with Crippen molar-refractivity contribution in [2.24, 2.45) is 0 Å². The lowest BCUT2D eigenvalue weighted by Gasteiger charge is -2.19. The second-order valence-corrected chi connectivity index (χ2v) is 6.97. The Morgan fingerprint density at radius 3 is 2.37 bits per heavy atom. The molecule has 1 atom stereocenters. The van der Waals surface area contributed by atoms with E-state index < -0.39 is 0 Å². The molecule has 2 aromatic carbocycles. The molecule has 2 aromatic heterocycles. The molecule has 0 fully saturated rings. The van der Waals surface area contributed by atoms with Crippen LogP contribution in [0.2, 0.25) is 0 Å². The van der Waals surface area contributed by atoms with Crippen LogP contribution in [0, 0.1) is 0 Å². The Bertz CT molecular complexity index is 1070. The van der Waals surface area contributed by atoms with Crippen molar-refractivity contribution in [1.29, 1.82) is 0 Å². The molecule has 0 spiro atoms. The molecule has 0 radical (unpaired) electrons. The van der Waals surface area contributed by atoms with Crippen molar-refractivity contribution in [2.75, 3.05) is 0 Å². The first-order chi connectivity index (χ1) is 14.8. The smallest absolute Gasteiger partial charge is 0.227 e. The third-order valence-electron chi connectivity index (χ3n) is 4.79.